The normalized spacial score (nSPS) is 12.1. The van der Waals surface area contributed by atoms with Crippen LogP contribution in [-0.2, 0) is 10.1 Å². The second kappa shape index (κ2) is 8.62. The molecular formula is C21H22N6O3S. The Hall–Kier alpha value is -3.63. The monoisotopic (exact) mass is 438 g/mol. The van der Waals surface area contributed by atoms with E-state index in [0.717, 1.165) is 22.8 Å². The van der Waals surface area contributed by atoms with Gasteiger partial charge in [-0.2, -0.15) is 18.6 Å². The van der Waals surface area contributed by atoms with Crippen LogP contribution in [0.2, 0.25) is 0 Å². The van der Waals surface area contributed by atoms with Crippen molar-refractivity contribution in [3.05, 3.63) is 65.2 Å². The third kappa shape index (κ3) is 5.11. The van der Waals surface area contributed by atoms with Crippen LogP contribution in [0.4, 0.5) is 34.1 Å². The van der Waals surface area contributed by atoms with Crippen LogP contribution in [0.15, 0.2) is 73.9 Å². The number of hydrogen-bond acceptors (Lipinski definition) is 8. The Balaban J connectivity index is 2.15. The molecule has 3 rings (SSSR count). The molecule has 0 fully saturated rings. The minimum atomic E-state index is -4.67. The lowest BCUT2D eigenvalue weighted by molar-refractivity contribution is 0.483. The van der Waals surface area contributed by atoms with E-state index < -0.39 is 15.0 Å². The van der Waals surface area contributed by atoms with Gasteiger partial charge in [0.05, 0.1) is 22.7 Å². The van der Waals surface area contributed by atoms with Gasteiger partial charge < -0.3 is 11.5 Å². The van der Waals surface area contributed by atoms with Crippen LogP contribution in [0.1, 0.15) is 16.7 Å². The summed E-state index contributed by atoms with van der Waals surface area (Å²) in [5, 5.41) is 16.4. The number of hydrogen-bond donors (Lipinski definition) is 3. The topological polar surface area (TPSA) is 156 Å². The van der Waals surface area contributed by atoms with Crippen LogP contribution in [0.25, 0.3) is 0 Å². The molecule has 160 valence electrons. The molecule has 9 nitrogen and oxygen atoms in total. The molecule has 3 aromatic carbocycles. The molecule has 0 aliphatic rings. The van der Waals surface area contributed by atoms with Crippen molar-refractivity contribution in [1.82, 2.24) is 0 Å². The minimum Gasteiger partial charge on any atom is -0.396 e. The molecule has 0 unspecified atom stereocenters. The number of nitrogen functional groups attached to an aromatic ring is 2. The molecule has 31 heavy (non-hydrogen) atoms. The predicted molar refractivity (Wildman–Crippen MR) is 121 cm³/mol. The van der Waals surface area contributed by atoms with Gasteiger partial charge in [0.1, 0.15) is 16.3 Å². The van der Waals surface area contributed by atoms with E-state index in [2.05, 4.69) is 20.5 Å². The van der Waals surface area contributed by atoms with Crippen LogP contribution in [0.3, 0.4) is 0 Å². The maximum absolute atomic E-state index is 11.9. The number of aryl methyl sites for hydroxylation is 3. The van der Waals surface area contributed by atoms with Crippen molar-refractivity contribution in [3.63, 3.8) is 0 Å². The Morgan fingerprint density at radius 2 is 1.45 bits per heavy atom. The second-order valence-corrected chi connectivity index (χ2v) is 8.46. The zero-order valence-electron chi connectivity index (χ0n) is 17.2. The number of rotatable bonds is 5. The van der Waals surface area contributed by atoms with Gasteiger partial charge in [0.15, 0.2) is 0 Å². The first-order chi connectivity index (χ1) is 14.6. The van der Waals surface area contributed by atoms with Gasteiger partial charge in [0.25, 0.3) is 10.1 Å². The highest BCUT2D eigenvalue weighted by molar-refractivity contribution is 7.86. The molecule has 0 bridgehead atoms. The van der Waals surface area contributed by atoms with Crippen molar-refractivity contribution in [2.24, 2.45) is 20.5 Å². The smallest absolute Gasteiger partial charge is 0.296 e. The minimum absolute atomic E-state index is 0.0130. The molecule has 0 radical (unpaired) electrons. The second-order valence-electron chi connectivity index (χ2n) is 7.07. The molecule has 0 saturated heterocycles. The lowest BCUT2D eigenvalue weighted by Gasteiger charge is -2.10. The van der Waals surface area contributed by atoms with E-state index in [1.54, 1.807) is 18.2 Å². The maximum Gasteiger partial charge on any atom is 0.296 e. The number of nitrogens with zero attached hydrogens (tertiary/aromatic N) is 4. The van der Waals surface area contributed by atoms with Crippen molar-refractivity contribution in [3.8, 4) is 0 Å². The standard InChI is InChI=1S/C21H22N6O3S/c1-12-5-4-6-15(9-12)24-27-21-19(22)17(11-18(20(21)23)31(28,29)30)26-25-16-10-13(2)7-8-14(16)3/h4-11H,22-23H2,1-3H3,(H,28,29,30)/b26-25+,27-24+. The summed E-state index contributed by atoms with van der Waals surface area (Å²) in [6.45, 7) is 5.67. The summed E-state index contributed by atoms with van der Waals surface area (Å²) in [4.78, 5) is -0.574. The Bertz CT molecular complexity index is 1320. The average Bonchev–Trinajstić information content (AvgIpc) is 2.68. The highest BCUT2D eigenvalue weighted by atomic mass is 32.2. The van der Waals surface area contributed by atoms with Gasteiger partial charge in [-0.3, -0.25) is 4.55 Å². The highest BCUT2D eigenvalue weighted by Gasteiger charge is 2.22. The summed E-state index contributed by atoms with van der Waals surface area (Å²) in [7, 11) is -4.67. The largest absolute Gasteiger partial charge is 0.396 e. The van der Waals surface area contributed by atoms with E-state index in [4.69, 9.17) is 11.5 Å². The molecule has 0 atom stereocenters. The summed E-state index contributed by atoms with van der Waals surface area (Å²) in [5.74, 6) is 0. The Labute approximate surface area is 180 Å². The van der Waals surface area contributed by atoms with Gasteiger partial charge in [-0.25, -0.2) is 0 Å². The van der Waals surface area contributed by atoms with Crippen molar-refractivity contribution >= 4 is 44.2 Å². The first-order valence-electron chi connectivity index (χ1n) is 9.23. The summed E-state index contributed by atoms with van der Waals surface area (Å²) >= 11 is 0. The summed E-state index contributed by atoms with van der Waals surface area (Å²) in [6, 6.07) is 13.9. The van der Waals surface area contributed by atoms with Crippen molar-refractivity contribution in [2.75, 3.05) is 11.5 Å². The van der Waals surface area contributed by atoms with Crippen LogP contribution in [0, 0.1) is 20.8 Å². The molecule has 0 spiro atoms. The molecule has 5 N–H and O–H groups in total. The number of benzene rings is 3. The zero-order chi connectivity index (χ0) is 22.8. The summed E-state index contributed by atoms with van der Waals surface area (Å²) in [5.41, 5.74) is 15.5. The quantitative estimate of drug-likeness (QED) is 0.258. The van der Waals surface area contributed by atoms with E-state index >= 15 is 0 Å². The highest BCUT2D eigenvalue weighted by Crippen LogP contribution is 2.43. The predicted octanol–water partition coefficient (Wildman–Crippen LogP) is 5.85. The lowest BCUT2D eigenvalue weighted by atomic mass is 10.1. The molecule has 0 aromatic heterocycles. The van der Waals surface area contributed by atoms with E-state index in [0.29, 0.717) is 11.4 Å². The fourth-order valence-corrected chi connectivity index (χ4v) is 3.43. The number of anilines is 2. The van der Waals surface area contributed by atoms with E-state index in [1.807, 2.05) is 45.0 Å². The van der Waals surface area contributed by atoms with Crippen LogP contribution < -0.4 is 11.5 Å². The molecule has 0 amide bonds. The Morgan fingerprint density at radius 1 is 0.774 bits per heavy atom. The van der Waals surface area contributed by atoms with Gasteiger partial charge in [-0.15, -0.1) is 10.2 Å². The third-order valence-electron chi connectivity index (χ3n) is 4.49. The van der Waals surface area contributed by atoms with Gasteiger partial charge >= 0.3 is 0 Å². The number of nitrogens with two attached hydrogens (primary N) is 2. The summed E-state index contributed by atoms with van der Waals surface area (Å²) < 4.78 is 33.3. The lowest BCUT2D eigenvalue weighted by Crippen LogP contribution is -2.05. The van der Waals surface area contributed by atoms with Crippen LogP contribution >= 0.6 is 0 Å². The van der Waals surface area contributed by atoms with Gasteiger partial charge in [0, 0.05) is 0 Å². The summed E-state index contributed by atoms with van der Waals surface area (Å²) in [6.07, 6.45) is 0. The van der Waals surface area contributed by atoms with Crippen molar-refractivity contribution < 1.29 is 13.0 Å². The average molecular weight is 439 g/mol. The molecule has 0 aliphatic carbocycles. The van der Waals surface area contributed by atoms with Crippen molar-refractivity contribution in [1.29, 1.82) is 0 Å². The molecule has 10 heteroatoms. The third-order valence-corrected chi connectivity index (χ3v) is 5.39. The van der Waals surface area contributed by atoms with Crippen LogP contribution in [0.5, 0.6) is 0 Å². The molecular weight excluding hydrogens is 416 g/mol. The molecule has 0 heterocycles. The van der Waals surface area contributed by atoms with E-state index in [9.17, 15) is 13.0 Å². The van der Waals surface area contributed by atoms with E-state index in [1.165, 1.54) is 0 Å². The first-order valence-corrected chi connectivity index (χ1v) is 10.7. The van der Waals surface area contributed by atoms with E-state index in [-0.39, 0.29) is 22.7 Å². The van der Waals surface area contributed by atoms with Crippen molar-refractivity contribution in [2.45, 2.75) is 25.7 Å². The van der Waals surface area contributed by atoms with Crippen LogP contribution in [-0.4, -0.2) is 13.0 Å². The molecule has 0 aliphatic heterocycles. The van der Waals surface area contributed by atoms with Gasteiger partial charge in [0.2, 0.25) is 0 Å². The Morgan fingerprint density at radius 3 is 2.13 bits per heavy atom. The van der Waals surface area contributed by atoms with Gasteiger partial charge in [-0.1, -0.05) is 24.3 Å². The van der Waals surface area contributed by atoms with Gasteiger partial charge in [-0.05, 0) is 61.7 Å². The first kappa shape index (κ1) is 22.1. The Kier molecular flexibility index (Phi) is 6.14. The maximum atomic E-state index is 11.9. The molecule has 0 saturated carbocycles. The molecule has 3 aromatic rings. The fourth-order valence-electron chi connectivity index (χ4n) is 2.80. The SMILES string of the molecule is Cc1cccc(/N=N/c2c(N)c(/N=N/c3cc(C)ccc3C)cc(S(=O)(=O)O)c2N)c1. The fraction of sp³-hybridized carbons (Fsp3) is 0.143. The zero-order valence-corrected chi connectivity index (χ0v) is 18.1. The number of azo groups is 2.